The molecule has 0 saturated heterocycles. The van der Waals surface area contributed by atoms with Crippen LogP contribution in [0.1, 0.15) is 50.1 Å². The second-order valence-electron chi connectivity index (χ2n) is 6.91. The van der Waals surface area contributed by atoms with Gasteiger partial charge in [0.25, 0.3) is 5.91 Å². The maximum absolute atomic E-state index is 13.1. The standard InChI is InChI=1S/C11H14FNO2.C8H10N2O4S.C2H6/c1-11(2,3)15-10(14)13-9-7-5-4-6-8(9)12;1-4-9-6(3-15-4)7(12)10-5(2-11)8(13)14;1-2/h4-7H,1-3H3,(H,13,14);3,5,11H,2H2,1H3,(H,10,12)(H,13,14);1-2H3. The molecular weight excluding hydrogens is 441 g/mol. The molecule has 2 rings (SSSR count). The second-order valence-corrected chi connectivity index (χ2v) is 7.97. The van der Waals surface area contributed by atoms with Crippen molar-refractivity contribution in [3.8, 4) is 0 Å². The van der Waals surface area contributed by atoms with Gasteiger partial charge in [0, 0.05) is 5.38 Å². The molecule has 0 spiro atoms. The van der Waals surface area contributed by atoms with Crippen LogP contribution >= 0.6 is 11.3 Å². The van der Waals surface area contributed by atoms with Crippen molar-refractivity contribution in [3.63, 3.8) is 0 Å². The Morgan fingerprint density at radius 3 is 2.25 bits per heavy atom. The van der Waals surface area contributed by atoms with E-state index in [1.807, 2.05) is 13.8 Å². The largest absolute Gasteiger partial charge is 0.480 e. The number of halogens is 1. The van der Waals surface area contributed by atoms with Crippen LogP contribution in [0.3, 0.4) is 0 Å². The predicted octanol–water partition coefficient (Wildman–Crippen LogP) is 3.83. The number of anilines is 1. The number of aliphatic carboxylic acids is 1. The molecule has 0 bridgehead atoms. The first-order valence-electron chi connectivity index (χ1n) is 9.74. The minimum Gasteiger partial charge on any atom is -0.480 e. The molecule has 4 N–H and O–H groups in total. The summed E-state index contributed by atoms with van der Waals surface area (Å²) < 4.78 is 18.1. The van der Waals surface area contributed by atoms with Gasteiger partial charge >= 0.3 is 12.1 Å². The number of rotatable bonds is 5. The maximum Gasteiger partial charge on any atom is 0.412 e. The molecule has 0 saturated carbocycles. The smallest absolute Gasteiger partial charge is 0.412 e. The van der Waals surface area contributed by atoms with Gasteiger partial charge in [-0.1, -0.05) is 26.0 Å². The number of aromatic nitrogens is 1. The van der Waals surface area contributed by atoms with Gasteiger partial charge in [-0.05, 0) is 39.8 Å². The van der Waals surface area contributed by atoms with E-state index in [4.69, 9.17) is 14.9 Å². The van der Waals surface area contributed by atoms with Crippen molar-refractivity contribution in [1.29, 1.82) is 0 Å². The van der Waals surface area contributed by atoms with Crippen LogP contribution in [-0.4, -0.2) is 51.4 Å². The summed E-state index contributed by atoms with van der Waals surface area (Å²) in [6.07, 6.45) is -0.660. The molecule has 0 fully saturated rings. The third-order valence-corrected chi connectivity index (χ3v) is 3.92. The Morgan fingerprint density at radius 1 is 1.22 bits per heavy atom. The van der Waals surface area contributed by atoms with E-state index >= 15 is 0 Å². The minimum atomic E-state index is -1.29. The van der Waals surface area contributed by atoms with E-state index in [0.29, 0.717) is 0 Å². The zero-order chi connectivity index (χ0) is 24.9. The second kappa shape index (κ2) is 14.1. The molecule has 0 aliphatic rings. The lowest BCUT2D eigenvalue weighted by Crippen LogP contribution is -2.43. The number of hydrogen-bond acceptors (Lipinski definition) is 7. The third-order valence-electron chi connectivity index (χ3n) is 3.15. The van der Waals surface area contributed by atoms with Crippen LogP contribution in [0.15, 0.2) is 29.6 Å². The summed E-state index contributed by atoms with van der Waals surface area (Å²) in [5.41, 5.74) is -0.307. The van der Waals surface area contributed by atoms with Crippen LogP contribution in [0.4, 0.5) is 14.9 Å². The topological polar surface area (TPSA) is 138 Å². The first kappa shape index (κ1) is 28.9. The van der Waals surface area contributed by atoms with Crippen molar-refractivity contribution < 1.29 is 33.7 Å². The van der Waals surface area contributed by atoms with Crippen molar-refractivity contribution in [2.45, 2.75) is 53.2 Å². The van der Waals surface area contributed by atoms with E-state index in [1.165, 1.54) is 28.8 Å². The summed E-state index contributed by atoms with van der Waals surface area (Å²) in [6.45, 7) is 10.3. The van der Waals surface area contributed by atoms with Gasteiger partial charge in [0.05, 0.1) is 17.3 Å². The molecule has 2 amide bonds. The van der Waals surface area contributed by atoms with E-state index < -0.39 is 42.0 Å². The number of carbonyl (C=O) groups excluding carboxylic acids is 2. The number of aliphatic hydroxyl groups excluding tert-OH is 1. The number of para-hydroxylation sites is 1. The zero-order valence-corrected chi connectivity index (χ0v) is 19.7. The fourth-order valence-corrected chi connectivity index (χ4v) is 2.45. The molecule has 1 aromatic heterocycles. The van der Waals surface area contributed by atoms with Crippen molar-refractivity contribution in [3.05, 3.63) is 46.2 Å². The summed E-state index contributed by atoms with van der Waals surface area (Å²) in [6, 6.07) is 4.64. The molecule has 0 radical (unpaired) electrons. The molecule has 11 heteroatoms. The molecule has 1 aromatic carbocycles. The molecule has 2 aromatic rings. The van der Waals surface area contributed by atoms with Crippen molar-refractivity contribution in [2.75, 3.05) is 11.9 Å². The van der Waals surface area contributed by atoms with Gasteiger partial charge in [0.15, 0.2) is 6.04 Å². The van der Waals surface area contributed by atoms with Crippen molar-refractivity contribution in [2.24, 2.45) is 0 Å². The van der Waals surface area contributed by atoms with Gasteiger partial charge in [-0.25, -0.2) is 19.0 Å². The quantitative estimate of drug-likeness (QED) is 0.520. The van der Waals surface area contributed by atoms with Crippen LogP contribution < -0.4 is 10.6 Å². The number of ether oxygens (including phenoxy) is 1. The van der Waals surface area contributed by atoms with Crippen LogP contribution in [0, 0.1) is 12.7 Å². The average molecular weight is 472 g/mol. The van der Waals surface area contributed by atoms with E-state index in [2.05, 4.69) is 15.6 Å². The van der Waals surface area contributed by atoms with E-state index in [9.17, 15) is 18.8 Å². The Bertz CT molecular complexity index is 882. The van der Waals surface area contributed by atoms with E-state index in [-0.39, 0.29) is 11.4 Å². The fraction of sp³-hybridized carbons (Fsp3) is 0.429. The van der Waals surface area contributed by atoms with Crippen LogP contribution in [0.25, 0.3) is 0 Å². The fourth-order valence-electron chi connectivity index (χ4n) is 1.86. The lowest BCUT2D eigenvalue weighted by molar-refractivity contribution is -0.140. The first-order chi connectivity index (χ1) is 14.9. The van der Waals surface area contributed by atoms with E-state index in [1.54, 1.807) is 39.8 Å². The summed E-state index contributed by atoms with van der Waals surface area (Å²) in [5.74, 6) is -2.36. The van der Waals surface area contributed by atoms with Gasteiger partial charge in [0.2, 0.25) is 0 Å². The number of aryl methyl sites for hydroxylation is 1. The number of carboxylic acid groups (broad SMARTS) is 1. The van der Waals surface area contributed by atoms with Crippen LogP contribution in [-0.2, 0) is 9.53 Å². The number of carbonyl (C=O) groups is 3. The number of carboxylic acids is 1. The lowest BCUT2D eigenvalue weighted by Gasteiger charge is -2.19. The maximum atomic E-state index is 13.1. The van der Waals surface area contributed by atoms with Gasteiger partial charge < -0.3 is 20.3 Å². The number of amides is 2. The molecule has 32 heavy (non-hydrogen) atoms. The number of benzene rings is 1. The third kappa shape index (κ3) is 11.4. The van der Waals surface area contributed by atoms with Crippen LogP contribution in [0.5, 0.6) is 0 Å². The van der Waals surface area contributed by atoms with Crippen molar-refractivity contribution >= 4 is 35.0 Å². The Kier molecular flexibility index (Phi) is 12.8. The normalized spacial score (nSPS) is 11.0. The summed E-state index contributed by atoms with van der Waals surface area (Å²) in [5, 5.41) is 24.0. The molecule has 1 heterocycles. The summed E-state index contributed by atoms with van der Waals surface area (Å²) in [4.78, 5) is 37.1. The Morgan fingerprint density at radius 2 is 1.81 bits per heavy atom. The SMILES string of the molecule is CC.CC(C)(C)OC(=O)Nc1ccccc1F.Cc1nc(C(=O)NC(CO)C(=O)O)cs1. The van der Waals surface area contributed by atoms with Crippen molar-refractivity contribution in [1.82, 2.24) is 10.3 Å². The average Bonchev–Trinajstić information content (AvgIpc) is 3.14. The predicted molar refractivity (Wildman–Crippen MR) is 120 cm³/mol. The molecule has 1 atom stereocenters. The monoisotopic (exact) mass is 471 g/mol. The number of nitrogens with one attached hydrogen (secondary N) is 2. The molecule has 9 nitrogen and oxygen atoms in total. The number of nitrogens with zero attached hydrogens (tertiary/aromatic N) is 1. The highest BCUT2D eigenvalue weighted by Crippen LogP contribution is 2.14. The molecule has 178 valence electrons. The molecular formula is C21H30FN3O6S. The number of thiazole rings is 1. The van der Waals surface area contributed by atoms with Crippen LogP contribution in [0.2, 0.25) is 0 Å². The molecule has 0 aliphatic carbocycles. The Labute approximate surface area is 190 Å². The summed E-state index contributed by atoms with van der Waals surface area (Å²) >= 11 is 1.29. The van der Waals surface area contributed by atoms with Gasteiger partial charge in [-0.15, -0.1) is 11.3 Å². The highest BCUT2D eigenvalue weighted by Gasteiger charge is 2.20. The zero-order valence-electron chi connectivity index (χ0n) is 18.9. The highest BCUT2D eigenvalue weighted by atomic mass is 32.1. The minimum absolute atomic E-state index is 0.117. The van der Waals surface area contributed by atoms with E-state index in [0.717, 1.165) is 5.01 Å². The van der Waals surface area contributed by atoms with Gasteiger partial charge in [-0.3, -0.25) is 10.1 Å². The lowest BCUT2D eigenvalue weighted by atomic mass is 10.2. The van der Waals surface area contributed by atoms with Gasteiger partial charge in [-0.2, -0.15) is 0 Å². The Balaban J connectivity index is 0.000000557. The first-order valence-corrected chi connectivity index (χ1v) is 10.6. The number of aliphatic hydroxyl groups is 1. The van der Waals surface area contributed by atoms with Gasteiger partial charge in [0.1, 0.15) is 17.1 Å². The number of hydrogen-bond donors (Lipinski definition) is 4. The molecule has 1 unspecified atom stereocenters. The highest BCUT2D eigenvalue weighted by molar-refractivity contribution is 7.09. The molecule has 0 aliphatic heterocycles. The summed E-state index contributed by atoms with van der Waals surface area (Å²) in [7, 11) is 0. The Hall–Kier alpha value is -3.05.